The highest BCUT2D eigenvalue weighted by Gasteiger charge is 2.17. The van der Waals surface area contributed by atoms with Gasteiger partial charge in [0.2, 0.25) is 0 Å². The molecule has 140 valence electrons. The number of aromatic nitrogens is 3. The number of aryl methyl sites for hydroxylation is 1. The topological polar surface area (TPSA) is 30.2 Å². The Kier molecular flexibility index (Phi) is 4.21. The summed E-state index contributed by atoms with van der Waals surface area (Å²) in [5, 5.41) is 2.41. The number of imidazole rings is 1. The summed E-state index contributed by atoms with van der Waals surface area (Å²) in [7, 11) is 0. The van der Waals surface area contributed by atoms with Crippen LogP contribution in [0.25, 0.3) is 40.4 Å². The molecule has 5 rings (SSSR count). The number of fused-ring (bicyclic) bond motifs is 2. The molecule has 0 bridgehead atoms. The summed E-state index contributed by atoms with van der Waals surface area (Å²) in [5.41, 5.74) is 7.12. The van der Waals surface area contributed by atoms with Crippen LogP contribution in [0.3, 0.4) is 0 Å². The normalized spacial score (nSPS) is 15.4. The average Bonchev–Trinajstić information content (AvgIpc) is 3.10. The molecular weight excluding hydrogens is 354 g/mol. The molecule has 0 aliphatic heterocycles. The molecule has 0 saturated heterocycles. The van der Waals surface area contributed by atoms with Gasteiger partial charge >= 0.3 is 0 Å². The van der Waals surface area contributed by atoms with E-state index in [0.717, 1.165) is 34.0 Å². The molecule has 0 atom stereocenters. The molecule has 1 aliphatic rings. The first kappa shape index (κ1) is 17.4. The maximum Gasteiger partial charge on any atom is 0.138 e. The molecule has 1 aliphatic carbocycles. The zero-order valence-corrected chi connectivity index (χ0v) is 16.5. The lowest BCUT2D eigenvalue weighted by Gasteiger charge is -2.07. The van der Waals surface area contributed by atoms with Crippen molar-refractivity contribution < 1.29 is 0 Å². The highest BCUT2D eigenvalue weighted by Crippen LogP contribution is 2.31. The van der Waals surface area contributed by atoms with Crippen LogP contribution in [0.4, 0.5) is 0 Å². The van der Waals surface area contributed by atoms with Crippen molar-refractivity contribution in [3.05, 3.63) is 101 Å². The predicted octanol–water partition coefficient (Wildman–Crippen LogP) is 4.45. The largest absolute Gasteiger partial charge is 0.299 e. The summed E-state index contributed by atoms with van der Waals surface area (Å²) in [6, 6.07) is 18.8. The monoisotopic (exact) mass is 375 g/mol. The van der Waals surface area contributed by atoms with Crippen molar-refractivity contribution in [2.45, 2.75) is 13.8 Å². The Morgan fingerprint density at radius 3 is 2.59 bits per heavy atom. The highest BCUT2D eigenvalue weighted by atomic mass is 15.0. The van der Waals surface area contributed by atoms with E-state index in [1.54, 1.807) is 0 Å². The van der Waals surface area contributed by atoms with E-state index in [1.807, 2.05) is 43.3 Å². The van der Waals surface area contributed by atoms with Gasteiger partial charge in [0.25, 0.3) is 0 Å². The van der Waals surface area contributed by atoms with Crippen molar-refractivity contribution in [1.82, 2.24) is 14.4 Å². The molecule has 3 heteroatoms. The van der Waals surface area contributed by atoms with Gasteiger partial charge in [-0.1, -0.05) is 60.2 Å². The molecule has 0 saturated carbocycles. The summed E-state index contributed by atoms with van der Waals surface area (Å²) >= 11 is 0. The number of pyridine rings is 2. The molecule has 3 heterocycles. The average molecular weight is 375 g/mol. The first-order valence-electron chi connectivity index (χ1n) is 9.78. The fraction of sp³-hybridized carbons (Fsp3) is 0.0769. The van der Waals surface area contributed by atoms with Crippen LogP contribution in [0.1, 0.15) is 12.6 Å². The maximum atomic E-state index is 4.92. The number of allylic oxidation sites excluding steroid dienone is 4. The van der Waals surface area contributed by atoms with Crippen LogP contribution < -0.4 is 10.4 Å². The van der Waals surface area contributed by atoms with Crippen LogP contribution in [0.5, 0.6) is 0 Å². The zero-order chi connectivity index (χ0) is 19.8. The zero-order valence-electron chi connectivity index (χ0n) is 16.5. The van der Waals surface area contributed by atoms with Crippen molar-refractivity contribution in [3.8, 4) is 22.6 Å². The van der Waals surface area contributed by atoms with Gasteiger partial charge in [0, 0.05) is 17.5 Å². The standard InChI is InChI=1S/C26H21N3/c1-18-8-3-4-10-20-13-14-21(17-22(20)16-18)26-25(23-11-7-9-19(2)27-23)28-24-12-5-6-15-29(24)26/h3-17H,1-2H3/b4-3+,8-3?,10-4?,18-8?,18-16?,20-10+,22-16?. The van der Waals surface area contributed by atoms with E-state index >= 15 is 0 Å². The summed E-state index contributed by atoms with van der Waals surface area (Å²) in [6.45, 7) is 4.14. The Bertz CT molecular complexity index is 1420. The Balaban J connectivity index is 1.82. The molecule has 0 fully saturated rings. The van der Waals surface area contributed by atoms with E-state index in [1.165, 1.54) is 16.0 Å². The fourth-order valence-electron chi connectivity index (χ4n) is 3.78. The third kappa shape index (κ3) is 3.21. The Morgan fingerprint density at radius 2 is 1.69 bits per heavy atom. The first-order chi connectivity index (χ1) is 14.2. The second-order valence-electron chi connectivity index (χ2n) is 7.35. The van der Waals surface area contributed by atoms with E-state index in [0.29, 0.717) is 0 Å². The van der Waals surface area contributed by atoms with Crippen LogP contribution in [0.15, 0.2) is 84.6 Å². The van der Waals surface area contributed by atoms with Crippen molar-refractivity contribution in [1.29, 1.82) is 0 Å². The summed E-state index contributed by atoms with van der Waals surface area (Å²) in [4.78, 5) is 9.66. The van der Waals surface area contributed by atoms with E-state index in [-0.39, 0.29) is 0 Å². The number of benzene rings is 1. The minimum Gasteiger partial charge on any atom is -0.299 e. The molecule has 4 aromatic rings. The minimum absolute atomic E-state index is 0.894. The van der Waals surface area contributed by atoms with Gasteiger partial charge in [-0.15, -0.1) is 0 Å². The lowest BCUT2D eigenvalue weighted by molar-refractivity contribution is 1.18. The number of rotatable bonds is 2. The SMILES string of the molecule is CC1=C/C=C/C=c2\ccc(-c3c(-c4cccc(C)n4)nc4ccccn34)cc2=C1. The van der Waals surface area contributed by atoms with Crippen LogP contribution in [0.2, 0.25) is 0 Å². The van der Waals surface area contributed by atoms with Gasteiger partial charge in [-0.25, -0.2) is 4.98 Å². The quantitative estimate of drug-likeness (QED) is 0.518. The molecule has 3 aromatic heterocycles. The van der Waals surface area contributed by atoms with Gasteiger partial charge in [-0.3, -0.25) is 9.38 Å². The molecule has 3 nitrogen and oxygen atoms in total. The lowest BCUT2D eigenvalue weighted by Crippen LogP contribution is -2.24. The molecule has 1 aromatic carbocycles. The van der Waals surface area contributed by atoms with Crippen molar-refractivity contribution in [2.75, 3.05) is 0 Å². The fourth-order valence-corrected chi connectivity index (χ4v) is 3.78. The van der Waals surface area contributed by atoms with Crippen LogP contribution in [-0.4, -0.2) is 14.4 Å². The molecule has 0 N–H and O–H groups in total. The Hall–Kier alpha value is -3.72. The van der Waals surface area contributed by atoms with Crippen LogP contribution >= 0.6 is 0 Å². The van der Waals surface area contributed by atoms with E-state index < -0.39 is 0 Å². The van der Waals surface area contributed by atoms with Crippen molar-refractivity contribution in [2.24, 2.45) is 0 Å². The number of nitrogens with zero attached hydrogens (tertiary/aromatic N) is 3. The Morgan fingerprint density at radius 1 is 0.793 bits per heavy atom. The summed E-state index contributed by atoms with van der Waals surface area (Å²) in [6.07, 6.45) is 12.7. The first-order valence-corrected chi connectivity index (χ1v) is 9.78. The third-order valence-electron chi connectivity index (χ3n) is 5.15. The van der Waals surface area contributed by atoms with Gasteiger partial charge < -0.3 is 0 Å². The van der Waals surface area contributed by atoms with E-state index in [9.17, 15) is 0 Å². The third-order valence-corrected chi connectivity index (χ3v) is 5.15. The molecule has 0 spiro atoms. The maximum absolute atomic E-state index is 4.92. The molecule has 29 heavy (non-hydrogen) atoms. The van der Waals surface area contributed by atoms with Gasteiger partial charge in [-0.05, 0) is 54.6 Å². The van der Waals surface area contributed by atoms with Crippen LogP contribution in [0, 0.1) is 6.92 Å². The molecule has 0 radical (unpaired) electrons. The number of hydrogen-bond acceptors (Lipinski definition) is 2. The molecule has 0 amide bonds. The Labute approximate surface area is 169 Å². The summed E-state index contributed by atoms with van der Waals surface area (Å²) < 4.78 is 2.15. The van der Waals surface area contributed by atoms with Gasteiger partial charge in [0.05, 0.1) is 11.4 Å². The second kappa shape index (κ2) is 7.02. The molecular formula is C26H21N3. The van der Waals surface area contributed by atoms with Crippen LogP contribution in [-0.2, 0) is 0 Å². The van der Waals surface area contributed by atoms with Crippen molar-refractivity contribution in [3.63, 3.8) is 0 Å². The van der Waals surface area contributed by atoms with E-state index in [2.05, 4.69) is 66.1 Å². The van der Waals surface area contributed by atoms with Gasteiger partial charge in [0.15, 0.2) is 0 Å². The smallest absolute Gasteiger partial charge is 0.138 e. The number of hydrogen-bond donors (Lipinski definition) is 0. The van der Waals surface area contributed by atoms with E-state index in [4.69, 9.17) is 9.97 Å². The van der Waals surface area contributed by atoms with Gasteiger partial charge in [-0.2, -0.15) is 0 Å². The molecule has 0 unspecified atom stereocenters. The predicted molar refractivity (Wildman–Crippen MR) is 120 cm³/mol. The highest BCUT2D eigenvalue weighted by molar-refractivity contribution is 5.81. The lowest BCUT2D eigenvalue weighted by atomic mass is 10.0. The minimum atomic E-state index is 0.894. The van der Waals surface area contributed by atoms with Gasteiger partial charge in [0.1, 0.15) is 11.3 Å². The van der Waals surface area contributed by atoms with Crippen molar-refractivity contribution >= 4 is 17.8 Å². The summed E-state index contributed by atoms with van der Waals surface area (Å²) in [5.74, 6) is 0. The second-order valence-corrected chi connectivity index (χ2v) is 7.35.